The van der Waals surface area contributed by atoms with Crippen molar-refractivity contribution >= 4 is 11.8 Å². The molecule has 5 nitrogen and oxygen atoms in total. The number of carbonyl (C=O) groups excluding carboxylic acids is 2. The molecule has 2 rings (SSSR count). The van der Waals surface area contributed by atoms with E-state index in [-0.39, 0.29) is 36.0 Å². The lowest BCUT2D eigenvalue weighted by molar-refractivity contribution is -0.158. The minimum atomic E-state index is -0.314. The molecule has 2 amide bonds. The van der Waals surface area contributed by atoms with E-state index in [0.29, 0.717) is 13.0 Å². The zero-order chi connectivity index (χ0) is 14.8. The topological polar surface area (TPSA) is 58.6 Å². The summed E-state index contributed by atoms with van der Waals surface area (Å²) in [6.45, 7) is 7.04. The Bertz CT molecular complexity index is 379. The van der Waals surface area contributed by atoms with Crippen molar-refractivity contribution in [3.05, 3.63) is 0 Å². The summed E-state index contributed by atoms with van der Waals surface area (Å²) >= 11 is 0. The Morgan fingerprint density at radius 1 is 1.30 bits per heavy atom. The molecular formula is C15H26N2O3. The van der Waals surface area contributed by atoms with Gasteiger partial charge in [0.15, 0.2) is 0 Å². The molecule has 0 saturated carbocycles. The van der Waals surface area contributed by atoms with Gasteiger partial charge in [0.05, 0.1) is 12.1 Å². The zero-order valence-corrected chi connectivity index (χ0v) is 12.8. The van der Waals surface area contributed by atoms with Crippen LogP contribution in [-0.4, -0.2) is 47.6 Å². The first kappa shape index (κ1) is 15.3. The summed E-state index contributed by atoms with van der Waals surface area (Å²) in [5.41, 5.74) is -0.130. The van der Waals surface area contributed by atoms with Crippen LogP contribution in [-0.2, 0) is 14.3 Å². The lowest BCUT2D eigenvalue weighted by Crippen LogP contribution is -2.63. The van der Waals surface area contributed by atoms with E-state index in [4.69, 9.17) is 4.74 Å². The first-order valence-corrected chi connectivity index (χ1v) is 7.79. The molecule has 0 radical (unpaired) electrons. The highest BCUT2D eigenvalue weighted by molar-refractivity contribution is 5.95. The van der Waals surface area contributed by atoms with Crippen molar-refractivity contribution in [3.63, 3.8) is 0 Å². The van der Waals surface area contributed by atoms with Gasteiger partial charge in [0.2, 0.25) is 11.8 Å². The second-order valence-electron chi connectivity index (χ2n) is 5.83. The number of rotatable bonds is 4. The fourth-order valence-electron chi connectivity index (χ4n) is 3.49. The first-order valence-electron chi connectivity index (χ1n) is 7.79. The Balaban J connectivity index is 2.19. The molecule has 114 valence electrons. The van der Waals surface area contributed by atoms with Crippen LogP contribution in [0.2, 0.25) is 0 Å². The first-order chi connectivity index (χ1) is 9.56. The molecule has 20 heavy (non-hydrogen) atoms. The van der Waals surface area contributed by atoms with E-state index < -0.39 is 0 Å². The van der Waals surface area contributed by atoms with Crippen molar-refractivity contribution in [1.29, 1.82) is 0 Å². The molecule has 0 spiro atoms. The molecule has 2 atom stereocenters. The monoisotopic (exact) mass is 282 g/mol. The van der Waals surface area contributed by atoms with Crippen LogP contribution >= 0.6 is 0 Å². The number of nitrogens with zero attached hydrogens (tertiary/aromatic N) is 1. The van der Waals surface area contributed by atoms with Gasteiger partial charge in [0, 0.05) is 12.6 Å². The van der Waals surface area contributed by atoms with E-state index >= 15 is 0 Å². The van der Waals surface area contributed by atoms with Crippen LogP contribution in [0.1, 0.15) is 52.9 Å². The number of hydrogen-bond acceptors (Lipinski definition) is 3. The molecule has 2 fully saturated rings. The maximum Gasteiger partial charge on any atom is 0.243 e. The summed E-state index contributed by atoms with van der Waals surface area (Å²) in [4.78, 5) is 26.1. The van der Waals surface area contributed by atoms with Gasteiger partial charge < -0.3 is 15.0 Å². The second-order valence-corrected chi connectivity index (χ2v) is 5.83. The molecule has 5 heteroatoms. The summed E-state index contributed by atoms with van der Waals surface area (Å²) in [6.07, 6.45) is 4.24. The maximum atomic E-state index is 12.3. The van der Waals surface area contributed by atoms with Crippen molar-refractivity contribution < 1.29 is 14.3 Å². The molecule has 0 aromatic rings. The van der Waals surface area contributed by atoms with Gasteiger partial charge in [0.25, 0.3) is 0 Å². The lowest BCUT2D eigenvalue weighted by Gasteiger charge is -2.47. The van der Waals surface area contributed by atoms with Crippen molar-refractivity contribution in [3.8, 4) is 0 Å². The second kappa shape index (κ2) is 6.12. The largest absolute Gasteiger partial charge is 0.375 e. The summed E-state index contributed by atoms with van der Waals surface area (Å²) in [6, 6.07) is -0.182. The van der Waals surface area contributed by atoms with Gasteiger partial charge in [-0.05, 0) is 32.1 Å². The van der Waals surface area contributed by atoms with Crippen LogP contribution in [0.4, 0.5) is 0 Å². The highest BCUT2D eigenvalue weighted by Crippen LogP contribution is 2.35. The predicted molar refractivity (Wildman–Crippen MR) is 76.2 cm³/mol. The Kier molecular flexibility index (Phi) is 4.68. The van der Waals surface area contributed by atoms with Crippen LogP contribution in [0.15, 0.2) is 0 Å². The third-order valence-electron chi connectivity index (χ3n) is 4.88. The smallest absolute Gasteiger partial charge is 0.243 e. The van der Waals surface area contributed by atoms with Gasteiger partial charge in [-0.15, -0.1) is 0 Å². The fourth-order valence-corrected chi connectivity index (χ4v) is 3.49. The molecular weight excluding hydrogens is 256 g/mol. The molecule has 2 heterocycles. The average molecular weight is 282 g/mol. The Morgan fingerprint density at radius 3 is 2.60 bits per heavy atom. The highest BCUT2D eigenvalue weighted by Gasteiger charge is 2.43. The number of amides is 2. The van der Waals surface area contributed by atoms with Gasteiger partial charge in [0.1, 0.15) is 6.04 Å². The summed E-state index contributed by atoms with van der Waals surface area (Å²) < 4.78 is 5.98. The Labute approximate surface area is 121 Å². The molecule has 2 unspecified atom stereocenters. The summed E-state index contributed by atoms with van der Waals surface area (Å²) in [5, 5.41) is 2.69. The fraction of sp³-hybridized carbons (Fsp3) is 0.867. The van der Waals surface area contributed by atoms with Gasteiger partial charge in [-0.3, -0.25) is 9.59 Å². The van der Waals surface area contributed by atoms with Crippen LogP contribution in [0.5, 0.6) is 0 Å². The predicted octanol–water partition coefficient (Wildman–Crippen LogP) is 1.46. The van der Waals surface area contributed by atoms with E-state index in [2.05, 4.69) is 19.2 Å². The van der Waals surface area contributed by atoms with Gasteiger partial charge in [-0.2, -0.15) is 0 Å². The Hall–Kier alpha value is -1.10. The number of nitrogens with one attached hydrogen (secondary N) is 1. The number of hydrogen-bond donors (Lipinski definition) is 1. The third kappa shape index (κ3) is 2.68. The number of piperazine rings is 1. The van der Waals surface area contributed by atoms with Crippen molar-refractivity contribution in [2.45, 2.75) is 70.6 Å². The number of ether oxygens (including phenoxy) is 1. The van der Waals surface area contributed by atoms with Crippen LogP contribution in [0.3, 0.4) is 0 Å². The summed E-state index contributed by atoms with van der Waals surface area (Å²) in [7, 11) is 0. The van der Waals surface area contributed by atoms with E-state index in [0.717, 1.165) is 25.7 Å². The molecule has 0 aromatic carbocycles. The zero-order valence-electron chi connectivity index (χ0n) is 12.8. The highest BCUT2D eigenvalue weighted by atomic mass is 16.5. The lowest BCUT2D eigenvalue weighted by atomic mass is 9.84. The summed E-state index contributed by atoms with van der Waals surface area (Å²) in [5.74, 6) is 0.0293. The van der Waals surface area contributed by atoms with Crippen molar-refractivity contribution in [2.24, 2.45) is 0 Å². The minimum Gasteiger partial charge on any atom is -0.375 e. The van der Waals surface area contributed by atoms with E-state index in [1.807, 2.05) is 11.8 Å². The average Bonchev–Trinajstić information content (AvgIpc) is 2.49. The van der Waals surface area contributed by atoms with Crippen molar-refractivity contribution in [1.82, 2.24) is 10.2 Å². The maximum absolute atomic E-state index is 12.3. The minimum absolute atomic E-state index is 0.0165. The molecule has 2 aliphatic rings. The van der Waals surface area contributed by atoms with E-state index in [1.165, 1.54) is 0 Å². The molecule has 1 N–H and O–H groups in total. The normalized spacial score (nSPS) is 30.2. The molecule has 0 bridgehead atoms. The standard InChI is InChI=1S/C15H26N2O3/c1-4-12-14(19)16-10-13(18)17(12)11-7-8-20-15(5-2,6-3)9-11/h11-12H,4-10H2,1-3H3,(H,16,19). The van der Waals surface area contributed by atoms with Gasteiger partial charge >= 0.3 is 0 Å². The Morgan fingerprint density at radius 2 is 2.00 bits per heavy atom. The van der Waals surface area contributed by atoms with Crippen LogP contribution < -0.4 is 5.32 Å². The van der Waals surface area contributed by atoms with Crippen LogP contribution in [0.25, 0.3) is 0 Å². The van der Waals surface area contributed by atoms with E-state index in [9.17, 15) is 9.59 Å². The molecule has 0 aliphatic carbocycles. The van der Waals surface area contributed by atoms with E-state index in [1.54, 1.807) is 0 Å². The van der Waals surface area contributed by atoms with Gasteiger partial charge in [-0.1, -0.05) is 20.8 Å². The SMILES string of the molecule is CCC1C(=O)NCC(=O)N1C1CCOC(CC)(CC)C1. The van der Waals surface area contributed by atoms with Gasteiger partial charge in [-0.25, -0.2) is 0 Å². The number of carbonyl (C=O) groups is 2. The quantitative estimate of drug-likeness (QED) is 0.849. The van der Waals surface area contributed by atoms with Crippen molar-refractivity contribution in [2.75, 3.05) is 13.2 Å². The third-order valence-corrected chi connectivity index (χ3v) is 4.88. The molecule has 2 aliphatic heterocycles. The van der Waals surface area contributed by atoms with Crippen LogP contribution in [0, 0.1) is 0 Å². The molecule has 0 aromatic heterocycles. The molecule has 2 saturated heterocycles.